The molecule has 0 heterocycles. The van der Waals surface area contributed by atoms with E-state index >= 15 is 0 Å². The Labute approximate surface area is 108 Å². The standard InChI is InChI=1S/C15H17NO2/c1-4-11-16-14(17)13-8-6-5-7-12(13)9-10-15(2,3)18/h4-8,18H,1,11H2,2-3H3,(H,16,17). The summed E-state index contributed by atoms with van der Waals surface area (Å²) in [5.41, 5.74) is 0.0160. The summed E-state index contributed by atoms with van der Waals surface area (Å²) in [6, 6.07) is 7.03. The molecule has 18 heavy (non-hydrogen) atoms. The molecule has 1 rings (SSSR count). The van der Waals surface area contributed by atoms with Gasteiger partial charge in [-0.2, -0.15) is 0 Å². The fraction of sp³-hybridized carbons (Fsp3) is 0.267. The molecule has 1 amide bonds. The van der Waals surface area contributed by atoms with Crippen molar-refractivity contribution in [1.29, 1.82) is 0 Å². The molecule has 0 radical (unpaired) electrons. The Kier molecular flexibility index (Phi) is 4.70. The number of rotatable bonds is 3. The number of hydrogen-bond donors (Lipinski definition) is 2. The summed E-state index contributed by atoms with van der Waals surface area (Å²) < 4.78 is 0. The minimum Gasteiger partial charge on any atom is -0.378 e. The van der Waals surface area contributed by atoms with Crippen molar-refractivity contribution in [2.45, 2.75) is 19.4 Å². The van der Waals surface area contributed by atoms with Gasteiger partial charge in [0.2, 0.25) is 0 Å². The van der Waals surface area contributed by atoms with Gasteiger partial charge in [0.25, 0.3) is 5.91 Å². The first-order chi connectivity index (χ1) is 8.44. The second kappa shape index (κ2) is 6.04. The van der Waals surface area contributed by atoms with Crippen LogP contribution in [0, 0.1) is 11.8 Å². The Morgan fingerprint density at radius 2 is 2.17 bits per heavy atom. The lowest BCUT2D eigenvalue weighted by Gasteiger charge is -2.07. The van der Waals surface area contributed by atoms with Crippen LogP contribution in [0.25, 0.3) is 0 Å². The normalized spacial score (nSPS) is 10.2. The van der Waals surface area contributed by atoms with E-state index < -0.39 is 5.60 Å². The highest BCUT2D eigenvalue weighted by molar-refractivity contribution is 5.96. The molecule has 3 nitrogen and oxygen atoms in total. The maximum absolute atomic E-state index is 11.9. The van der Waals surface area contributed by atoms with Crippen LogP contribution in [0.4, 0.5) is 0 Å². The van der Waals surface area contributed by atoms with Crippen molar-refractivity contribution in [1.82, 2.24) is 5.32 Å². The van der Waals surface area contributed by atoms with Crippen molar-refractivity contribution < 1.29 is 9.90 Å². The molecule has 0 aromatic heterocycles. The van der Waals surface area contributed by atoms with E-state index in [0.29, 0.717) is 17.7 Å². The van der Waals surface area contributed by atoms with Crippen molar-refractivity contribution >= 4 is 5.91 Å². The van der Waals surface area contributed by atoms with Gasteiger partial charge in [0, 0.05) is 12.1 Å². The Morgan fingerprint density at radius 1 is 1.50 bits per heavy atom. The summed E-state index contributed by atoms with van der Waals surface area (Å²) in [5, 5.41) is 12.3. The number of carbonyl (C=O) groups is 1. The lowest BCUT2D eigenvalue weighted by Crippen LogP contribution is -2.24. The minimum absolute atomic E-state index is 0.199. The summed E-state index contributed by atoms with van der Waals surface area (Å²) in [6.45, 7) is 7.15. The molecule has 2 N–H and O–H groups in total. The van der Waals surface area contributed by atoms with Crippen LogP contribution in [-0.2, 0) is 0 Å². The van der Waals surface area contributed by atoms with Crippen LogP contribution in [0.1, 0.15) is 29.8 Å². The van der Waals surface area contributed by atoms with Gasteiger partial charge in [-0.15, -0.1) is 6.58 Å². The molecule has 1 aromatic rings. The molecule has 3 heteroatoms. The third kappa shape index (κ3) is 4.44. The topological polar surface area (TPSA) is 49.3 Å². The fourth-order valence-corrected chi connectivity index (χ4v) is 1.27. The molecule has 0 fully saturated rings. The zero-order valence-electron chi connectivity index (χ0n) is 10.7. The van der Waals surface area contributed by atoms with E-state index in [2.05, 4.69) is 23.7 Å². The van der Waals surface area contributed by atoms with Crippen LogP contribution in [0.2, 0.25) is 0 Å². The summed E-state index contributed by atoms with van der Waals surface area (Å²) in [4.78, 5) is 11.9. The lowest BCUT2D eigenvalue weighted by atomic mass is 10.1. The summed E-state index contributed by atoms with van der Waals surface area (Å²) in [5.74, 6) is 5.32. The van der Waals surface area contributed by atoms with Crippen LogP contribution >= 0.6 is 0 Å². The van der Waals surface area contributed by atoms with Crippen LogP contribution in [0.15, 0.2) is 36.9 Å². The molecule has 0 aliphatic rings. The number of carbonyl (C=O) groups excluding carboxylic acids is 1. The summed E-state index contributed by atoms with van der Waals surface area (Å²) in [6.07, 6.45) is 1.61. The smallest absolute Gasteiger partial charge is 0.252 e. The van der Waals surface area contributed by atoms with Crippen molar-refractivity contribution in [3.63, 3.8) is 0 Å². The van der Waals surface area contributed by atoms with Gasteiger partial charge >= 0.3 is 0 Å². The largest absolute Gasteiger partial charge is 0.378 e. The highest BCUT2D eigenvalue weighted by Gasteiger charge is 2.10. The molecule has 0 unspecified atom stereocenters. The second-order valence-corrected chi connectivity index (χ2v) is 4.35. The molecule has 94 valence electrons. The molecule has 0 aliphatic carbocycles. The number of aliphatic hydroxyl groups is 1. The van der Waals surface area contributed by atoms with E-state index in [1.54, 1.807) is 44.2 Å². The van der Waals surface area contributed by atoms with Gasteiger partial charge in [-0.05, 0) is 26.0 Å². The number of nitrogens with one attached hydrogen (secondary N) is 1. The van der Waals surface area contributed by atoms with Crippen molar-refractivity contribution in [3.8, 4) is 11.8 Å². The van der Waals surface area contributed by atoms with Gasteiger partial charge in [-0.1, -0.05) is 30.0 Å². The minimum atomic E-state index is -1.08. The highest BCUT2D eigenvalue weighted by atomic mass is 16.3. The average molecular weight is 243 g/mol. The Balaban J connectivity index is 3.02. The summed E-state index contributed by atoms with van der Waals surface area (Å²) in [7, 11) is 0. The fourth-order valence-electron chi connectivity index (χ4n) is 1.27. The number of benzene rings is 1. The van der Waals surface area contributed by atoms with E-state index in [1.165, 1.54) is 0 Å². The second-order valence-electron chi connectivity index (χ2n) is 4.35. The van der Waals surface area contributed by atoms with Crippen molar-refractivity contribution in [2.75, 3.05) is 6.54 Å². The number of hydrogen-bond acceptors (Lipinski definition) is 2. The molecule has 0 saturated carbocycles. The first kappa shape index (κ1) is 14.0. The molecule has 0 bridgehead atoms. The predicted molar refractivity (Wildman–Crippen MR) is 72.1 cm³/mol. The van der Waals surface area contributed by atoms with E-state index in [1.807, 2.05) is 0 Å². The molecular weight excluding hydrogens is 226 g/mol. The zero-order valence-corrected chi connectivity index (χ0v) is 10.7. The quantitative estimate of drug-likeness (QED) is 0.627. The maximum atomic E-state index is 11.9. The van der Waals surface area contributed by atoms with E-state index in [-0.39, 0.29) is 5.91 Å². The third-order valence-corrected chi connectivity index (χ3v) is 2.08. The van der Waals surface area contributed by atoms with E-state index in [9.17, 15) is 9.90 Å². The van der Waals surface area contributed by atoms with Gasteiger partial charge in [-0.25, -0.2) is 0 Å². The van der Waals surface area contributed by atoms with Gasteiger partial charge < -0.3 is 10.4 Å². The molecular formula is C15H17NO2. The molecule has 0 saturated heterocycles. The SMILES string of the molecule is C=CCNC(=O)c1ccccc1C#CC(C)(C)O. The average Bonchev–Trinajstić information content (AvgIpc) is 2.33. The first-order valence-corrected chi connectivity index (χ1v) is 5.68. The van der Waals surface area contributed by atoms with Crippen molar-refractivity contribution in [2.24, 2.45) is 0 Å². The van der Waals surface area contributed by atoms with Crippen LogP contribution < -0.4 is 5.32 Å². The molecule has 0 atom stereocenters. The maximum Gasteiger partial charge on any atom is 0.252 e. The van der Waals surface area contributed by atoms with Gasteiger partial charge in [0.1, 0.15) is 5.60 Å². The Morgan fingerprint density at radius 3 is 2.78 bits per heavy atom. The van der Waals surface area contributed by atoms with Crippen LogP contribution in [-0.4, -0.2) is 23.2 Å². The Hall–Kier alpha value is -2.05. The van der Waals surface area contributed by atoms with E-state index in [4.69, 9.17) is 0 Å². The highest BCUT2D eigenvalue weighted by Crippen LogP contribution is 2.08. The van der Waals surface area contributed by atoms with E-state index in [0.717, 1.165) is 0 Å². The van der Waals surface area contributed by atoms with Crippen molar-refractivity contribution in [3.05, 3.63) is 48.0 Å². The van der Waals surface area contributed by atoms with Gasteiger partial charge in [-0.3, -0.25) is 4.79 Å². The molecule has 0 spiro atoms. The third-order valence-electron chi connectivity index (χ3n) is 2.08. The first-order valence-electron chi connectivity index (χ1n) is 5.68. The zero-order chi connectivity index (χ0) is 13.6. The van der Waals surface area contributed by atoms with Crippen LogP contribution in [0.3, 0.4) is 0 Å². The van der Waals surface area contributed by atoms with Gasteiger partial charge in [0.15, 0.2) is 0 Å². The number of amides is 1. The van der Waals surface area contributed by atoms with Gasteiger partial charge in [0.05, 0.1) is 5.56 Å². The lowest BCUT2D eigenvalue weighted by molar-refractivity contribution is 0.0957. The summed E-state index contributed by atoms with van der Waals surface area (Å²) >= 11 is 0. The monoisotopic (exact) mass is 243 g/mol. The molecule has 1 aromatic carbocycles. The van der Waals surface area contributed by atoms with Crippen LogP contribution in [0.5, 0.6) is 0 Å². The molecule has 0 aliphatic heterocycles. The predicted octanol–water partition coefficient (Wildman–Crippen LogP) is 1.72. The Bertz CT molecular complexity index is 501.